The minimum absolute atomic E-state index is 0.108. The predicted octanol–water partition coefficient (Wildman–Crippen LogP) is 3.86. The van der Waals surface area contributed by atoms with Gasteiger partial charge in [0.05, 0.1) is 23.2 Å². The molecule has 7 nitrogen and oxygen atoms in total. The van der Waals surface area contributed by atoms with Crippen LogP contribution in [-0.2, 0) is 6.54 Å². The van der Waals surface area contributed by atoms with Crippen molar-refractivity contribution in [2.75, 3.05) is 6.61 Å². The Labute approximate surface area is 155 Å². The van der Waals surface area contributed by atoms with E-state index in [0.717, 1.165) is 28.6 Å². The summed E-state index contributed by atoms with van der Waals surface area (Å²) in [6.45, 7) is 5.20. The molecule has 0 saturated carbocycles. The molecule has 0 atom stereocenters. The fourth-order valence-corrected chi connectivity index (χ4v) is 3.12. The van der Waals surface area contributed by atoms with Gasteiger partial charge in [-0.05, 0) is 43.7 Å². The summed E-state index contributed by atoms with van der Waals surface area (Å²) in [6.07, 6.45) is 0.891. The van der Waals surface area contributed by atoms with Crippen LogP contribution in [0.3, 0.4) is 0 Å². The van der Waals surface area contributed by atoms with Gasteiger partial charge in [-0.2, -0.15) is 4.98 Å². The van der Waals surface area contributed by atoms with E-state index in [4.69, 9.17) is 9.26 Å². The van der Waals surface area contributed by atoms with E-state index in [1.807, 2.05) is 56.3 Å². The van der Waals surface area contributed by atoms with Gasteiger partial charge in [-0.1, -0.05) is 24.2 Å². The number of ether oxygens (including phenoxy) is 1. The molecule has 0 spiro atoms. The molecule has 2 aromatic heterocycles. The number of nitrogens with zero attached hydrogens (tertiary/aromatic N) is 3. The molecule has 2 aromatic carbocycles. The molecule has 0 unspecified atom stereocenters. The molecule has 0 aliphatic carbocycles. The molecule has 0 amide bonds. The minimum atomic E-state index is -0.108. The minimum Gasteiger partial charge on any atom is -0.493 e. The first kappa shape index (κ1) is 17.1. The number of fused-ring (bicyclic) bond motifs is 1. The Morgan fingerprint density at radius 3 is 2.85 bits per heavy atom. The van der Waals surface area contributed by atoms with Crippen LogP contribution in [0.4, 0.5) is 0 Å². The van der Waals surface area contributed by atoms with Gasteiger partial charge in [0, 0.05) is 12.1 Å². The van der Waals surface area contributed by atoms with Crippen molar-refractivity contribution in [3.8, 4) is 28.6 Å². The molecule has 138 valence electrons. The summed E-state index contributed by atoms with van der Waals surface area (Å²) < 4.78 is 12.8. The van der Waals surface area contributed by atoms with Gasteiger partial charge in [0.1, 0.15) is 5.75 Å². The van der Waals surface area contributed by atoms with Crippen molar-refractivity contribution in [2.45, 2.75) is 26.8 Å². The number of rotatable bonds is 6. The van der Waals surface area contributed by atoms with E-state index in [2.05, 4.69) is 15.1 Å². The Kier molecular flexibility index (Phi) is 4.50. The Morgan fingerprint density at radius 2 is 2.04 bits per heavy atom. The molecule has 2 heterocycles. The standard InChI is InChI=1S/C20H20N4O3/c1-3-11-24-16-10-9-13(12-15(16)21-20(24)25)18-22-19(27-23-18)14-7-5-6-8-17(14)26-4-2/h5-10,12H,3-4,11H2,1-2H3,(H,21,25). The van der Waals surface area contributed by atoms with E-state index in [0.29, 0.717) is 30.6 Å². The number of aromatic nitrogens is 4. The Hall–Kier alpha value is -3.35. The number of imidazole rings is 1. The lowest BCUT2D eigenvalue weighted by atomic mass is 10.2. The van der Waals surface area contributed by atoms with E-state index in [1.165, 1.54) is 0 Å². The second kappa shape index (κ2) is 7.11. The summed E-state index contributed by atoms with van der Waals surface area (Å²) in [5, 5.41) is 4.10. The number of aryl methyl sites for hydroxylation is 1. The Morgan fingerprint density at radius 1 is 1.19 bits per heavy atom. The molecule has 0 aliphatic rings. The van der Waals surface area contributed by atoms with Crippen LogP contribution in [0.5, 0.6) is 5.75 Å². The summed E-state index contributed by atoms with van der Waals surface area (Å²) in [6, 6.07) is 13.2. The van der Waals surface area contributed by atoms with Crippen molar-refractivity contribution < 1.29 is 9.26 Å². The number of nitrogens with one attached hydrogen (secondary N) is 1. The fourth-order valence-electron chi connectivity index (χ4n) is 3.12. The van der Waals surface area contributed by atoms with E-state index in [-0.39, 0.29) is 5.69 Å². The molecule has 1 N–H and O–H groups in total. The van der Waals surface area contributed by atoms with Crippen LogP contribution < -0.4 is 10.4 Å². The molecule has 7 heteroatoms. The van der Waals surface area contributed by atoms with Gasteiger partial charge >= 0.3 is 5.69 Å². The van der Waals surface area contributed by atoms with Gasteiger partial charge in [0.15, 0.2) is 0 Å². The van der Waals surface area contributed by atoms with E-state index < -0.39 is 0 Å². The number of benzene rings is 2. The molecular weight excluding hydrogens is 344 g/mol. The number of hydrogen-bond acceptors (Lipinski definition) is 5. The lowest BCUT2D eigenvalue weighted by Gasteiger charge is -2.05. The molecule has 27 heavy (non-hydrogen) atoms. The summed E-state index contributed by atoms with van der Waals surface area (Å²) in [5.41, 5.74) is 3.05. The highest BCUT2D eigenvalue weighted by atomic mass is 16.5. The maximum Gasteiger partial charge on any atom is 0.326 e. The summed E-state index contributed by atoms with van der Waals surface area (Å²) >= 11 is 0. The highest BCUT2D eigenvalue weighted by molar-refractivity contribution is 5.81. The molecule has 0 saturated heterocycles. The third-order valence-corrected chi connectivity index (χ3v) is 4.32. The number of H-pyrrole nitrogens is 1. The van der Waals surface area contributed by atoms with Gasteiger partial charge in [-0.25, -0.2) is 4.79 Å². The van der Waals surface area contributed by atoms with E-state index >= 15 is 0 Å². The second-order valence-corrected chi connectivity index (χ2v) is 6.17. The summed E-state index contributed by atoms with van der Waals surface area (Å²) in [4.78, 5) is 19.5. The monoisotopic (exact) mass is 364 g/mol. The Balaban J connectivity index is 1.72. The van der Waals surface area contributed by atoms with Gasteiger partial charge in [0.25, 0.3) is 5.89 Å². The second-order valence-electron chi connectivity index (χ2n) is 6.17. The largest absolute Gasteiger partial charge is 0.493 e. The van der Waals surface area contributed by atoms with Crippen LogP contribution in [0.25, 0.3) is 33.9 Å². The van der Waals surface area contributed by atoms with Crippen LogP contribution in [0.1, 0.15) is 20.3 Å². The third kappa shape index (κ3) is 3.12. The Bertz CT molecular complexity index is 1140. The van der Waals surface area contributed by atoms with Crippen molar-refractivity contribution in [1.29, 1.82) is 0 Å². The lowest BCUT2D eigenvalue weighted by Crippen LogP contribution is -2.16. The van der Waals surface area contributed by atoms with E-state index in [1.54, 1.807) is 4.57 Å². The van der Waals surface area contributed by atoms with Gasteiger partial charge in [0.2, 0.25) is 5.82 Å². The summed E-state index contributed by atoms with van der Waals surface area (Å²) in [7, 11) is 0. The van der Waals surface area contributed by atoms with Gasteiger partial charge < -0.3 is 14.2 Å². The lowest BCUT2D eigenvalue weighted by molar-refractivity contribution is 0.339. The SMILES string of the molecule is CCCn1c(=O)[nH]c2cc(-c3noc(-c4ccccc4OCC)n3)ccc21. The zero-order valence-corrected chi connectivity index (χ0v) is 15.2. The van der Waals surface area contributed by atoms with Crippen LogP contribution in [0.2, 0.25) is 0 Å². The fraction of sp³-hybridized carbons (Fsp3) is 0.250. The van der Waals surface area contributed by atoms with Crippen LogP contribution >= 0.6 is 0 Å². The van der Waals surface area contributed by atoms with Crippen molar-refractivity contribution in [1.82, 2.24) is 19.7 Å². The predicted molar refractivity (Wildman–Crippen MR) is 103 cm³/mol. The van der Waals surface area contributed by atoms with Crippen molar-refractivity contribution in [3.63, 3.8) is 0 Å². The zero-order valence-electron chi connectivity index (χ0n) is 15.2. The van der Waals surface area contributed by atoms with Crippen LogP contribution in [0, 0.1) is 0 Å². The molecular formula is C20H20N4O3. The first-order valence-corrected chi connectivity index (χ1v) is 9.00. The molecule has 0 radical (unpaired) electrons. The first-order chi connectivity index (χ1) is 13.2. The normalized spacial score (nSPS) is 11.2. The maximum absolute atomic E-state index is 12.1. The highest BCUT2D eigenvalue weighted by Crippen LogP contribution is 2.30. The number of aromatic amines is 1. The number of para-hydroxylation sites is 1. The average Bonchev–Trinajstić information content (AvgIpc) is 3.28. The van der Waals surface area contributed by atoms with Crippen LogP contribution in [0.15, 0.2) is 51.8 Å². The molecule has 4 aromatic rings. The van der Waals surface area contributed by atoms with Crippen LogP contribution in [-0.4, -0.2) is 26.3 Å². The van der Waals surface area contributed by atoms with Crippen molar-refractivity contribution >= 4 is 11.0 Å². The topological polar surface area (TPSA) is 85.9 Å². The third-order valence-electron chi connectivity index (χ3n) is 4.32. The summed E-state index contributed by atoms with van der Waals surface area (Å²) in [5.74, 6) is 1.56. The van der Waals surface area contributed by atoms with Gasteiger partial charge in [-0.15, -0.1) is 0 Å². The number of hydrogen-bond donors (Lipinski definition) is 1. The smallest absolute Gasteiger partial charge is 0.326 e. The van der Waals surface area contributed by atoms with Gasteiger partial charge in [-0.3, -0.25) is 4.57 Å². The molecule has 0 bridgehead atoms. The first-order valence-electron chi connectivity index (χ1n) is 9.00. The maximum atomic E-state index is 12.1. The molecule has 0 fully saturated rings. The van der Waals surface area contributed by atoms with Crippen molar-refractivity contribution in [3.05, 3.63) is 52.9 Å². The molecule has 0 aliphatic heterocycles. The zero-order chi connectivity index (χ0) is 18.8. The quantitative estimate of drug-likeness (QED) is 0.561. The highest BCUT2D eigenvalue weighted by Gasteiger charge is 2.16. The molecule has 4 rings (SSSR count). The average molecular weight is 364 g/mol. The van der Waals surface area contributed by atoms with Crippen molar-refractivity contribution in [2.24, 2.45) is 0 Å². The van der Waals surface area contributed by atoms with E-state index in [9.17, 15) is 4.79 Å².